The van der Waals surface area contributed by atoms with Crippen LogP contribution in [0.15, 0.2) is 46.9 Å². The monoisotopic (exact) mass is 277 g/mol. The zero-order valence-electron chi connectivity index (χ0n) is 11.3. The molecule has 21 heavy (non-hydrogen) atoms. The molecule has 0 aliphatic rings. The Morgan fingerprint density at radius 3 is 2.71 bits per heavy atom. The van der Waals surface area contributed by atoms with Crippen LogP contribution >= 0.6 is 0 Å². The van der Waals surface area contributed by atoms with Gasteiger partial charge >= 0.3 is 0 Å². The number of amides is 1. The van der Waals surface area contributed by atoms with Gasteiger partial charge in [0.25, 0.3) is 5.91 Å². The zero-order chi connectivity index (χ0) is 14.8. The van der Waals surface area contributed by atoms with Crippen molar-refractivity contribution < 1.29 is 9.21 Å². The molecule has 0 atom stereocenters. The van der Waals surface area contributed by atoms with Crippen molar-refractivity contribution in [2.45, 2.75) is 6.92 Å². The lowest BCUT2D eigenvalue weighted by Gasteiger charge is -2.04. The number of hydrogen-bond acceptors (Lipinski definition) is 4. The number of benzene rings is 2. The van der Waals surface area contributed by atoms with E-state index in [1.165, 1.54) is 0 Å². The summed E-state index contributed by atoms with van der Waals surface area (Å²) in [5.41, 5.74) is 3.04. The van der Waals surface area contributed by atoms with Gasteiger partial charge in [0.05, 0.1) is 11.6 Å². The quantitative estimate of drug-likeness (QED) is 0.779. The molecule has 1 aromatic heterocycles. The van der Waals surface area contributed by atoms with Crippen LogP contribution < -0.4 is 5.32 Å². The van der Waals surface area contributed by atoms with Gasteiger partial charge in [-0.05, 0) is 42.5 Å². The van der Waals surface area contributed by atoms with Crippen LogP contribution in [-0.2, 0) is 0 Å². The second-order valence-electron chi connectivity index (χ2n) is 4.56. The number of carbonyl (C=O) groups is 1. The molecule has 2 aromatic carbocycles. The van der Waals surface area contributed by atoms with E-state index in [-0.39, 0.29) is 5.91 Å². The van der Waals surface area contributed by atoms with E-state index in [9.17, 15) is 4.79 Å². The summed E-state index contributed by atoms with van der Waals surface area (Å²) < 4.78 is 5.38. The second-order valence-corrected chi connectivity index (χ2v) is 4.56. The molecule has 0 saturated heterocycles. The first-order valence-corrected chi connectivity index (χ1v) is 6.34. The lowest BCUT2D eigenvalue weighted by molar-refractivity contribution is 0.102. The third kappa shape index (κ3) is 2.60. The molecule has 0 bridgehead atoms. The van der Waals surface area contributed by atoms with Gasteiger partial charge in [-0.3, -0.25) is 4.79 Å². The third-order valence-electron chi connectivity index (χ3n) is 3.03. The number of nitriles is 1. The Morgan fingerprint density at radius 1 is 1.24 bits per heavy atom. The Labute approximate surface area is 120 Å². The lowest BCUT2D eigenvalue weighted by Crippen LogP contribution is -2.11. The Kier molecular flexibility index (Phi) is 3.13. The van der Waals surface area contributed by atoms with Gasteiger partial charge in [0.2, 0.25) is 0 Å². The van der Waals surface area contributed by atoms with Crippen LogP contribution in [0.5, 0.6) is 0 Å². The van der Waals surface area contributed by atoms with Crippen molar-refractivity contribution in [1.82, 2.24) is 4.98 Å². The van der Waals surface area contributed by atoms with E-state index in [4.69, 9.17) is 9.68 Å². The molecule has 0 radical (unpaired) electrons. The van der Waals surface area contributed by atoms with Crippen molar-refractivity contribution in [2.24, 2.45) is 0 Å². The highest BCUT2D eigenvalue weighted by molar-refractivity contribution is 6.04. The maximum atomic E-state index is 12.1. The van der Waals surface area contributed by atoms with E-state index in [0.717, 1.165) is 0 Å². The SMILES string of the molecule is Cc1nc2cc(NC(=O)c3ccc(C#N)cc3)ccc2o1. The van der Waals surface area contributed by atoms with Crippen molar-refractivity contribution in [1.29, 1.82) is 5.26 Å². The highest BCUT2D eigenvalue weighted by Crippen LogP contribution is 2.20. The topological polar surface area (TPSA) is 78.9 Å². The molecule has 5 heteroatoms. The Hall–Kier alpha value is -3.13. The van der Waals surface area contributed by atoms with Gasteiger partial charge < -0.3 is 9.73 Å². The maximum absolute atomic E-state index is 12.1. The summed E-state index contributed by atoms with van der Waals surface area (Å²) in [5.74, 6) is 0.347. The minimum atomic E-state index is -0.237. The largest absolute Gasteiger partial charge is 0.441 e. The van der Waals surface area contributed by atoms with Crippen LogP contribution in [0.2, 0.25) is 0 Å². The van der Waals surface area contributed by atoms with Gasteiger partial charge in [-0.15, -0.1) is 0 Å². The first-order chi connectivity index (χ1) is 10.2. The normalized spacial score (nSPS) is 10.3. The fraction of sp³-hybridized carbons (Fsp3) is 0.0625. The summed E-state index contributed by atoms with van der Waals surface area (Å²) in [6, 6.07) is 13.8. The number of carbonyl (C=O) groups excluding carboxylic acids is 1. The molecule has 0 aliphatic carbocycles. The Bertz CT molecular complexity index is 857. The standard InChI is InChI=1S/C16H11N3O2/c1-10-18-14-8-13(6-7-15(14)21-10)19-16(20)12-4-2-11(9-17)3-5-12/h2-8H,1H3,(H,19,20). The van der Waals surface area contributed by atoms with Crippen LogP contribution in [0, 0.1) is 18.3 Å². The predicted octanol–water partition coefficient (Wildman–Crippen LogP) is 3.26. The lowest BCUT2D eigenvalue weighted by atomic mass is 10.1. The van der Waals surface area contributed by atoms with E-state index in [1.807, 2.05) is 6.07 Å². The molecule has 0 aliphatic heterocycles. The Balaban J connectivity index is 1.83. The van der Waals surface area contributed by atoms with E-state index in [0.29, 0.717) is 33.8 Å². The minimum absolute atomic E-state index is 0.237. The second kappa shape index (κ2) is 5.10. The van der Waals surface area contributed by atoms with Crippen LogP contribution in [0.3, 0.4) is 0 Å². The fourth-order valence-corrected chi connectivity index (χ4v) is 2.02. The van der Waals surface area contributed by atoms with Gasteiger partial charge in [0, 0.05) is 18.2 Å². The molecule has 3 aromatic rings. The first kappa shape index (κ1) is 12.9. The highest BCUT2D eigenvalue weighted by atomic mass is 16.3. The first-order valence-electron chi connectivity index (χ1n) is 6.34. The number of aryl methyl sites for hydroxylation is 1. The predicted molar refractivity (Wildman–Crippen MR) is 77.9 cm³/mol. The van der Waals surface area contributed by atoms with E-state index >= 15 is 0 Å². The molecule has 5 nitrogen and oxygen atoms in total. The van der Waals surface area contributed by atoms with Crippen molar-refractivity contribution in [3.05, 3.63) is 59.5 Å². The molecule has 3 rings (SSSR count). The summed E-state index contributed by atoms with van der Waals surface area (Å²) in [7, 11) is 0. The van der Waals surface area contributed by atoms with Crippen molar-refractivity contribution >= 4 is 22.7 Å². The number of hydrogen-bond donors (Lipinski definition) is 1. The molecular formula is C16H11N3O2. The third-order valence-corrected chi connectivity index (χ3v) is 3.03. The van der Waals surface area contributed by atoms with Crippen LogP contribution in [0.1, 0.15) is 21.8 Å². The number of nitrogens with one attached hydrogen (secondary N) is 1. The zero-order valence-corrected chi connectivity index (χ0v) is 11.3. The number of aromatic nitrogens is 1. The summed E-state index contributed by atoms with van der Waals surface area (Å²) in [6.45, 7) is 1.77. The van der Waals surface area contributed by atoms with Gasteiger partial charge in [-0.1, -0.05) is 0 Å². The average Bonchev–Trinajstić information content (AvgIpc) is 2.86. The maximum Gasteiger partial charge on any atom is 0.255 e. The van der Waals surface area contributed by atoms with E-state index < -0.39 is 0 Å². The molecule has 1 N–H and O–H groups in total. The molecular weight excluding hydrogens is 266 g/mol. The highest BCUT2D eigenvalue weighted by Gasteiger charge is 2.08. The number of fused-ring (bicyclic) bond motifs is 1. The van der Waals surface area contributed by atoms with Crippen molar-refractivity contribution in [2.75, 3.05) is 5.32 Å². The molecule has 0 saturated carbocycles. The van der Waals surface area contributed by atoms with Crippen molar-refractivity contribution in [3.63, 3.8) is 0 Å². The number of rotatable bonds is 2. The van der Waals surface area contributed by atoms with Gasteiger partial charge in [-0.2, -0.15) is 5.26 Å². The molecule has 1 amide bonds. The summed E-state index contributed by atoms with van der Waals surface area (Å²) in [5, 5.41) is 11.5. The van der Waals surface area contributed by atoms with Crippen LogP contribution in [0.25, 0.3) is 11.1 Å². The summed E-state index contributed by atoms with van der Waals surface area (Å²) in [4.78, 5) is 16.3. The van der Waals surface area contributed by atoms with Gasteiger partial charge in [0.15, 0.2) is 11.5 Å². The minimum Gasteiger partial charge on any atom is -0.441 e. The number of nitrogens with zero attached hydrogens (tertiary/aromatic N) is 2. The van der Waals surface area contributed by atoms with Crippen molar-refractivity contribution in [3.8, 4) is 6.07 Å². The van der Waals surface area contributed by atoms with Crippen LogP contribution in [-0.4, -0.2) is 10.9 Å². The molecule has 1 heterocycles. The summed E-state index contributed by atoms with van der Waals surface area (Å²) >= 11 is 0. The fourth-order valence-electron chi connectivity index (χ4n) is 2.02. The van der Waals surface area contributed by atoms with E-state index in [1.54, 1.807) is 49.4 Å². The molecule has 0 fully saturated rings. The average molecular weight is 277 g/mol. The summed E-state index contributed by atoms with van der Waals surface area (Å²) in [6.07, 6.45) is 0. The number of oxazole rings is 1. The molecule has 0 unspecified atom stereocenters. The van der Waals surface area contributed by atoms with Gasteiger partial charge in [0.1, 0.15) is 5.52 Å². The molecule has 0 spiro atoms. The Morgan fingerprint density at radius 2 is 2.00 bits per heavy atom. The van der Waals surface area contributed by atoms with Gasteiger partial charge in [-0.25, -0.2) is 4.98 Å². The van der Waals surface area contributed by atoms with Crippen LogP contribution in [0.4, 0.5) is 5.69 Å². The van der Waals surface area contributed by atoms with E-state index in [2.05, 4.69) is 10.3 Å². The number of anilines is 1. The molecule has 102 valence electrons. The smallest absolute Gasteiger partial charge is 0.255 e.